The third-order valence-electron chi connectivity index (χ3n) is 6.38. The zero-order chi connectivity index (χ0) is 25.5. The van der Waals surface area contributed by atoms with Crippen molar-refractivity contribution < 1.29 is 18.3 Å². The van der Waals surface area contributed by atoms with E-state index in [9.17, 15) is 14.0 Å². The molecule has 1 aliphatic heterocycles. The summed E-state index contributed by atoms with van der Waals surface area (Å²) >= 11 is 3.42. The molecule has 0 N–H and O–H groups in total. The molecule has 182 valence electrons. The van der Waals surface area contributed by atoms with Gasteiger partial charge < -0.3 is 9.15 Å². The topological polar surface area (TPSA) is 59.8 Å². The lowest BCUT2D eigenvalue weighted by atomic mass is 9.98. The molecule has 1 aliphatic rings. The van der Waals surface area contributed by atoms with Crippen molar-refractivity contribution in [2.45, 2.75) is 12.6 Å². The highest BCUT2D eigenvalue weighted by Gasteiger charge is 2.43. The molecule has 0 radical (unpaired) electrons. The molecule has 5 nitrogen and oxygen atoms in total. The second-order valence-corrected chi connectivity index (χ2v) is 9.63. The number of ether oxygens (including phenoxy) is 1. The van der Waals surface area contributed by atoms with Crippen LogP contribution in [-0.4, -0.2) is 5.91 Å². The summed E-state index contributed by atoms with van der Waals surface area (Å²) in [5.41, 5.74) is 2.26. The van der Waals surface area contributed by atoms with Crippen molar-refractivity contribution in [3.05, 3.63) is 140 Å². The highest BCUT2D eigenvalue weighted by atomic mass is 79.9. The Morgan fingerprint density at radius 1 is 0.892 bits per heavy atom. The Balaban J connectivity index is 1.44. The van der Waals surface area contributed by atoms with E-state index in [1.165, 1.54) is 17.0 Å². The van der Waals surface area contributed by atoms with E-state index in [-0.39, 0.29) is 22.3 Å². The minimum absolute atomic E-state index is 0.0403. The first-order valence-corrected chi connectivity index (χ1v) is 12.4. The van der Waals surface area contributed by atoms with Crippen LogP contribution in [0, 0.1) is 5.82 Å². The Morgan fingerprint density at radius 2 is 1.62 bits per heavy atom. The van der Waals surface area contributed by atoms with E-state index < -0.39 is 23.2 Å². The predicted molar refractivity (Wildman–Crippen MR) is 142 cm³/mol. The average molecular weight is 556 g/mol. The second-order valence-electron chi connectivity index (χ2n) is 8.71. The van der Waals surface area contributed by atoms with Crippen LogP contribution in [0.4, 0.5) is 10.1 Å². The minimum Gasteiger partial charge on any atom is -0.489 e. The Bertz CT molecular complexity index is 1680. The lowest BCUT2D eigenvalue weighted by Gasteiger charge is -2.25. The number of carbonyl (C=O) groups is 1. The smallest absolute Gasteiger partial charge is 0.295 e. The lowest BCUT2D eigenvalue weighted by molar-refractivity contribution is 0.0971. The van der Waals surface area contributed by atoms with Crippen LogP contribution in [0.25, 0.3) is 11.0 Å². The van der Waals surface area contributed by atoms with Gasteiger partial charge in [0.1, 0.15) is 23.8 Å². The lowest BCUT2D eigenvalue weighted by Crippen LogP contribution is -2.29. The van der Waals surface area contributed by atoms with Crippen molar-refractivity contribution >= 4 is 38.5 Å². The number of rotatable bonds is 5. The molecular weight excluding hydrogens is 537 g/mol. The molecule has 0 spiro atoms. The van der Waals surface area contributed by atoms with Gasteiger partial charge in [0.25, 0.3) is 5.91 Å². The summed E-state index contributed by atoms with van der Waals surface area (Å²) in [6, 6.07) is 27.3. The van der Waals surface area contributed by atoms with Gasteiger partial charge in [-0.05, 0) is 65.7 Å². The van der Waals surface area contributed by atoms with Crippen LogP contribution in [-0.2, 0) is 6.61 Å². The number of fused-ring (bicyclic) bond motifs is 2. The van der Waals surface area contributed by atoms with Gasteiger partial charge >= 0.3 is 0 Å². The number of hydrogen-bond acceptors (Lipinski definition) is 4. The van der Waals surface area contributed by atoms with Crippen molar-refractivity contribution in [2.24, 2.45) is 0 Å². The summed E-state index contributed by atoms with van der Waals surface area (Å²) in [6.45, 7) is 0.414. The van der Waals surface area contributed by atoms with Crippen LogP contribution in [0.1, 0.15) is 33.3 Å². The number of nitrogens with zero attached hydrogens (tertiary/aromatic N) is 1. The molecule has 0 aliphatic carbocycles. The molecule has 2 heterocycles. The van der Waals surface area contributed by atoms with E-state index in [0.717, 1.165) is 16.1 Å². The number of halogens is 2. The minimum atomic E-state index is -0.754. The first-order chi connectivity index (χ1) is 18.0. The van der Waals surface area contributed by atoms with Crippen molar-refractivity contribution in [2.75, 3.05) is 4.90 Å². The number of carbonyl (C=O) groups excluding carboxylic acids is 1. The fourth-order valence-corrected chi connectivity index (χ4v) is 4.88. The molecule has 0 saturated carbocycles. The highest BCUT2D eigenvalue weighted by Crippen LogP contribution is 2.41. The van der Waals surface area contributed by atoms with Gasteiger partial charge in [-0.1, -0.05) is 58.4 Å². The first kappa shape index (κ1) is 23.2. The number of anilines is 1. The molecule has 5 aromatic rings. The monoisotopic (exact) mass is 555 g/mol. The largest absolute Gasteiger partial charge is 0.489 e. The van der Waals surface area contributed by atoms with Crippen LogP contribution in [0.15, 0.2) is 111 Å². The molecule has 7 heteroatoms. The summed E-state index contributed by atoms with van der Waals surface area (Å²) < 4.78 is 26.7. The van der Waals surface area contributed by atoms with Crippen LogP contribution in [0.5, 0.6) is 5.75 Å². The molecule has 0 bridgehead atoms. The van der Waals surface area contributed by atoms with Crippen LogP contribution < -0.4 is 15.1 Å². The van der Waals surface area contributed by atoms with E-state index in [2.05, 4.69) is 15.9 Å². The molecular formula is C30H19BrFNO4. The Labute approximate surface area is 219 Å². The van der Waals surface area contributed by atoms with Gasteiger partial charge in [-0.15, -0.1) is 0 Å². The third-order valence-corrected chi connectivity index (χ3v) is 6.91. The van der Waals surface area contributed by atoms with Crippen LogP contribution >= 0.6 is 15.9 Å². The fourth-order valence-electron chi connectivity index (χ4n) is 4.62. The maximum atomic E-state index is 14.0. The maximum Gasteiger partial charge on any atom is 0.295 e. The van der Waals surface area contributed by atoms with E-state index in [4.69, 9.17) is 9.15 Å². The highest BCUT2D eigenvalue weighted by molar-refractivity contribution is 9.10. The summed E-state index contributed by atoms with van der Waals surface area (Å²) in [4.78, 5) is 28.8. The summed E-state index contributed by atoms with van der Waals surface area (Å²) in [6.07, 6.45) is 0. The summed E-state index contributed by atoms with van der Waals surface area (Å²) in [7, 11) is 0. The Hall–Kier alpha value is -4.23. The summed E-state index contributed by atoms with van der Waals surface area (Å²) in [5.74, 6) is -0.373. The molecule has 4 aromatic carbocycles. The fraction of sp³-hybridized carbons (Fsp3) is 0.0667. The van der Waals surface area contributed by atoms with Crippen molar-refractivity contribution in [3.63, 3.8) is 0 Å². The quantitative estimate of drug-likeness (QED) is 0.234. The van der Waals surface area contributed by atoms with Gasteiger partial charge in [0.15, 0.2) is 5.43 Å². The van der Waals surface area contributed by atoms with Crippen molar-refractivity contribution in [1.82, 2.24) is 0 Å². The standard InChI is InChI=1S/C30H19BrFNO4/c31-20-8-11-22(12-9-20)33-27(19-6-13-23(14-7-19)36-17-18-4-2-1-3-5-18)26-28(34)24-16-21(32)10-15-25(24)37-29(26)30(33)35/h1-16,27H,17H2. The maximum absolute atomic E-state index is 14.0. The van der Waals surface area contributed by atoms with E-state index in [1.54, 1.807) is 12.1 Å². The molecule has 0 fully saturated rings. The molecule has 37 heavy (non-hydrogen) atoms. The third kappa shape index (κ3) is 4.21. The number of benzene rings is 4. The molecule has 1 unspecified atom stereocenters. The zero-order valence-corrected chi connectivity index (χ0v) is 20.9. The SMILES string of the molecule is O=C1c2oc3ccc(F)cc3c(=O)c2C(c2ccc(OCc3ccccc3)cc2)N1c1ccc(Br)cc1. The molecule has 1 aromatic heterocycles. The van der Waals surface area contributed by atoms with Gasteiger partial charge in [-0.25, -0.2) is 4.39 Å². The second kappa shape index (κ2) is 9.33. The summed E-state index contributed by atoms with van der Waals surface area (Å²) in [5, 5.41) is 0.0945. The van der Waals surface area contributed by atoms with Gasteiger partial charge in [-0.3, -0.25) is 14.5 Å². The predicted octanol–water partition coefficient (Wildman–Crippen LogP) is 7.02. The molecule has 1 atom stereocenters. The van der Waals surface area contributed by atoms with Crippen molar-refractivity contribution in [1.29, 1.82) is 0 Å². The molecule has 6 rings (SSSR count). The normalized spacial score (nSPS) is 14.7. The van der Waals surface area contributed by atoms with Crippen molar-refractivity contribution in [3.8, 4) is 5.75 Å². The van der Waals surface area contributed by atoms with Gasteiger partial charge in [0, 0.05) is 10.2 Å². The number of hydrogen-bond donors (Lipinski definition) is 0. The van der Waals surface area contributed by atoms with Crippen LogP contribution in [0.2, 0.25) is 0 Å². The van der Waals surface area contributed by atoms with Crippen LogP contribution in [0.3, 0.4) is 0 Å². The van der Waals surface area contributed by atoms with Gasteiger partial charge in [0.05, 0.1) is 17.0 Å². The molecule has 0 saturated heterocycles. The zero-order valence-electron chi connectivity index (χ0n) is 19.4. The van der Waals surface area contributed by atoms with Gasteiger partial charge in [-0.2, -0.15) is 0 Å². The first-order valence-electron chi connectivity index (χ1n) is 11.6. The molecule has 1 amide bonds. The van der Waals surface area contributed by atoms with E-state index in [1.807, 2.05) is 66.7 Å². The van der Waals surface area contributed by atoms with E-state index in [0.29, 0.717) is 23.6 Å². The Kier molecular flexibility index (Phi) is 5.85. The number of amides is 1. The van der Waals surface area contributed by atoms with E-state index >= 15 is 0 Å². The Morgan fingerprint density at radius 3 is 2.35 bits per heavy atom. The van der Waals surface area contributed by atoms with Gasteiger partial charge in [0.2, 0.25) is 5.76 Å². The average Bonchev–Trinajstić information content (AvgIpc) is 3.21.